The van der Waals surface area contributed by atoms with Crippen molar-refractivity contribution < 1.29 is 34.0 Å². The van der Waals surface area contributed by atoms with E-state index in [-0.39, 0.29) is 55.4 Å². The molecule has 0 saturated heterocycles. The van der Waals surface area contributed by atoms with Gasteiger partial charge in [-0.15, -0.1) is 0 Å². The molecule has 3 rings (SSSR count). The van der Waals surface area contributed by atoms with Gasteiger partial charge in [0.15, 0.2) is 11.4 Å². The first-order chi connectivity index (χ1) is 16.8. The van der Waals surface area contributed by atoms with Crippen molar-refractivity contribution in [3.8, 4) is 5.75 Å². The fourth-order valence-corrected chi connectivity index (χ4v) is 3.31. The molecule has 1 atom stereocenters. The molecular weight excluding hydrogens is 459 g/mol. The van der Waals surface area contributed by atoms with Gasteiger partial charge in [0.1, 0.15) is 17.0 Å². The van der Waals surface area contributed by atoms with Crippen LogP contribution in [0.5, 0.6) is 5.75 Å². The molecule has 5 N–H and O–H groups in total. The standard InChI is InChI=1S/C24H27FN4O6/c1-14(13-31)28-24(34)21-22(32)19-18(20(29-21)23(33)26-6-8-35-9-7-30)11-16(12-27-19)10-15-2-4-17(25)5-3-15/h2-5,11-12,14,30-32H,6-10,13H2,1H3,(H,26,33)(H,28,34). The molecule has 0 fully saturated rings. The van der Waals surface area contributed by atoms with Crippen molar-refractivity contribution in [1.29, 1.82) is 0 Å². The molecule has 2 aromatic heterocycles. The molecule has 10 nitrogen and oxygen atoms in total. The van der Waals surface area contributed by atoms with Crippen LogP contribution in [0.3, 0.4) is 0 Å². The van der Waals surface area contributed by atoms with E-state index in [9.17, 15) is 24.2 Å². The first-order valence-electron chi connectivity index (χ1n) is 11.0. The third kappa shape index (κ3) is 6.69. The van der Waals surface area contributed by atoms with Crippen LogP contribution in [0.2, 0.25) is 0 Å². The van der Waals surface area contributed by atoms with E-state index < -0.39 is 29.3 Å². The lowest BCUT2D eigenvalue weighted by Gasteiger charge is -2.15. The van der Waals surface area contributed by atoms with Crippen molar-refractivity contribution in [3.63, 3.8) is 0 Å². The van der Waals surface area contributed by atoms with E-state index in [0.29, 0.717) is 12.0 Å². The van der Waals surface area contributed by atoms with Crippen molar-refractivity contribution in [2.75, 3.05) is 33.0 Å². The molecule has 0 aliphatic rings. The van der Waals surface area contributed by atoms with E-state index in [0.717, 1.165) is 5.56 Å². The second-order valence-electron chi connectivity index (χ2n) is 7.85. The summed E-state index contributed by atoms with van der Waals surface area (Å²) in [6.07, 6.45) is 1.88. The smallest absolute Gasteiger partial charge is 0.274 e. The summed E-state index contributed by atoms with van der Waals surface area (Å²) in [4.78, 5) is 34.0. The lowest BCUT2D eigenvalue weighted by Crippen LogP contribution is -2.36. The highest BCUT2D eigenvalue weighted by Gasteiger charge is 2.24. The Bertz CT molecular complexity index is 1190. The molecule has 186 valence electrons. The third-order valence-corrected chi connectivity index (χ3v) is 5.04. The van der Waals surface area contributed by atoms with Gasteiger partial charge in [0.2, 0.25) is 0 Å². The van der Waals surface area contributed by atoms with Crippen LogP contribution in [0.4, 0.5) is 4.39 Å². The minimum atomic E-state index is -0.775. The fourth-order valence-electron chi connectivity index (χ4n) is 3.31. The molecule has 0 saturated carbocycles. The monoisotopic (exact) mass is 486 g/mol. The first-order valence-corrected chi connectivity index (χ1v) is 11.0. The number of ether oxygens (including phenoxy) is 1. The highest BCUT2D eigenvalue weighted by molar-refractivity contribution is 6.09. The third-order valence-electron chi connectivity index (χ3n) is 5.04. The summed E-state index contributed by atoms with van der Waals surface area (Å²) in [5.41, 5.74) is 0.960. The normalized spacial score (nSPS) is 11.9. The molecule has 0 aliphatic heterocycles. The van der Waals surface area contributed by atoms with E-state index >= 15 is 0 Å². The summed E-state index contributed by atoms with van der Waals surface area (Å²) in [5, 5.41) is 34.1. The van der Waals surface area contributed by atoms with Crippen molar-refractivity contribution >= 4 is 22.7 Å². The molecular formula is C24H27FN4O6. The van der Waals surface area contributed by atoms with Crippen LogP contribution in [-0.4, -0.2) is 76.1 Å². The van der Waals surface area contributed by atoms with Gasteiger partial charge in [0, 0.05) is 24.2 Å². The summed E-state index contributed by atoms with van der Waals surface area (Å²) in [7, 11) is 0. The molecule has 2 amide bonds. The average Bonchev–Trinajstić information content (AvgIpc) is 2.85. The van der Waals surface area contributed by atoms with E-state index in [1.807, 2.05) is 0 Å². The molecule has 11 heteroatoms. The second kappa shape index (κ2) is 12.2. The Morgan fingerprint density at radius 3 is 2.51 bits per heavy atom. The van der Waals surface area contributed by atoms with Crippen LogP contribution in [0, 0.1) is 5.82 Å². The SMILES string of the molecule is CC(CO)NC(=O)c1nc(C(=O)NCCOCCO)c2cc(Cc3ccc(F)cc3)cnc2c1O. The van der Waals surface area contributed by atoms with Crippen LogP contribution >= 0.6 is 0 Å². The molecule has 2 heterocycles. The zero-order valence-corrected chi connectivity index (χ0v) is 19.1. The highest BCUT2D eigenvalue weighted by Crippen LogP contribution is 2.29. The number of aliphatic hydroxyl groups is 2. The van der Waals surface area contributed by atoms with E-state index in [1.54, 1.807) is 25.1 Å². The molecule has 0 radical (unpaired) electrons. The summed E-state index contributed by atoms with van der Waals surface area (Å²) in [6, 6.07) is 6.97. The number of carbonyl (C=O) groups excluding carboxylic acids is 2. The van der Waals surface area contributed by atoms with Crippen molar-refractivity contribution in [3.05, 3.63) is 64.9 Å². The minimum absolute atomic E-state index is 0.00587. The van der Waals surface area contributed by atoms with Gasteiger partial charge < -0.3 is 30.7 Å². The Labute approximate surface area is 200 Å². The largest absolute Gasteiger partial charge is 0.504 e. The fraction of sp³-hybridized carbons (Fsp3) is 0.333. The molecule has 1 unspecified atom stereocenters. The number of carbonyl (C=O) groups is 2. The molecule has 35 heavy (non-hydrogen) atoms. The number of amides is 2. The maximum atomic E-state index is 13.2. The predicted molar refractivity (Wildman–Crippen MR) is 125 cm³/mol. The Balaban J connectivity index is 1.99. The number of nitrogens with zero attached hydrogens (tertiary/aromatic N) is 2. The number of halogens is 1. The molecule has 3 aromatic rings. The van der Waals surface area contributed by atoms with Crippen LogP contribution in [0.15, 0.2) is 36.5 Å². The van der Waals surface area contributed by atoms with Gasteiger partial charge in [-0.25, -0.2) is 9.37 Å². The van der Waals surface area contributed by atoms with Gasteiger partial charge in [-0.3, -0.25) is 14.6 Å². The molecule has 1 aromatic carbocycles. The number of pyridine rings is 2. The summed E-state index contributed by atoms with van der Waals surface area (Å²) < 4.78 is 18.4. The van der Waals surface area contributed by atoms with Crippen molar-refractivity contribution in [1.82, 2.24) is 20.6 Å². The second-order valence-corrected chi connectivity index (χ2v) is 7.85. The lowest BCUT2D eigenvalue weighted by molar-refractivity contribution is 0.0836. The maximum Gasteiger partial charge on any atom is 0.274 e. The maximum absolute atomic E-state index is 13.2. The number of hydrogen-bond donors (Lipinski definition) is 5. The van der Waals surface area contributed by atoms with E-state index in [1.165, 1.54) is 18.3 Å². The molecule has 0 bridgehead atoms. The number of aromatic nitrogens is 2. The lowest BCUT2D eigenvalue weighted by atomic mass is 10.0. The van der Waals surface area contributed by atoms with Crippen LogP contribution < -0.4 is 10.6 Å². The van der Waals surface area contributed by atoms with Gasteiger partial charge in [-0.1, -0.05) is 12.1 Å². The minimum Gasteiger partial charge on any atom is -0.504 e. The number of nitrogens with one attached hydrogen (secondary N) is 2. The first kappa shape index (κ1) is 25.9. The van der Waals surface area contributed by atoms with Crippen LogP contribution in [0.25, 0.3) is 10.9 Å². The van der Waals surface area contributed by atoms with E-state index in [4.69, 9.17) is 9.84 Å². The van der Waals surface area contributed by atoms with E-state index in [2.05, 4.69) is 20.6 Å². The summed E-state index contributed by atoms with van der Waals surface area (Å²) in [6.45, 7) is 1.49. The van der Waals surface area contributed by atoms with Crippen molar-refractivity contribution in [2.45, 2.75) is 19.4 Å². The Morgan fingerprint density at radius 2 is 1.83 bits per heavy atom. The van der Waals surface area contributed by atoms with Crippen molar-refractivity contribution in [2.24, 2.45) is 0 Å². The number of aromatic hydroxyl groups is 1. The Morgan fingerprint density at radius 1 is 1.09 bits per heavy atom. The number of fused-ring (bicyclic) bond motifs is 1. The van der Waals surface area contributed by atoms with Gasteiger partial charge in [0.25, 0.3) is 11.8 Å². The van der Waals surface area contributed by atoms with Gasteiger partial charge in [-0.05, 0) is 42.7 Å². The predicted octanol–water partition coefficient (Wildman–Crippen LogP) is 0.915. The number of hydrogen-bond acceptors (Lipinski definition) is 8. The van der Waals surface area contributed by atoms with Gasteiger partial charge >= 0.3 is 0 Å². The van der Waals surface area contributed by atoms with Gasteiger partial charge in [-0.2, -0.15) is 0 Å². The molecule has 0 spiro atoms. The summed E-state index contributed by atoms with van der Waals surface area (Å²) in [5.74, 6) is -2.25. The zero-order valence-electron chi connectivity index (χ0n) is 19.1. The number of benzene rings is 1. The number of rotatable bonds is 11. The highest BCUT2D eigenvalue weighted by atomic mass is 19.1. The quantitative estimate of drug-likeness (QED) is 0.251. The van der Waals surface area contributed by atoms with Crippen LogP contribution in [-0.2, 0) is 11.2 Å². The number of aliphatic hydroxyl groups excluding tert-OH is 2. The molecule has 0 aliphatic carbocycles. The van der Waals surface area contributed by atoms with Crippen LogP contribution in [0.1, 0.15) is 39.0 Å². The topological polar surface area (TPSA) is 154 Å². The Hall–Kier alpha value is -3.67. The average molecular weight is 487 g/mol. The Kier molecular flexibility index (Phi) is 9.01. The summed E-state index contributed by atoms with van der Waals surface area (Å²) >= 11 is 0. The van der Waals surface area contributed by atoms with Gasteiger partial charge in [0.05, 0.1) is 26.4 Å². The zero-order chi connectivity index (χ0) is 25.4.